The van der Waals surface area contributed by atoms with Crippen molar-refractivity contribution in [2.45, 2.75) is 6.92 Å². The van der Waals surface area contributed by atoms with Gasteiger partial charge < -0.3 is 14.6 Å². The molecule has 0 bridgehead atoms. The van der Waals surface area contributed by atoms with E-state index >= 15 is 0 Å². The Balaban J connectivity index is 1.73. The van der Waals surface area contributed by atoms with E-state index in [0.717, 1.165) is 22.5 Å². The van der Waals surface area contributed by atoms with E-state index in [0.29, 0.717) is 5.46 Å². The molecule has 4 heteroatoms. The predicted molar refractivity (Wildman–Crippen MR) is 122 cm³/mol. The fourth-order valence-electron chi connectivity index (χ4n) is 3.50. The number of hydrogen-bond acceptors (Lipinski definition) is 2. The minimum atomic E-state index is -1.44. The molecule has 0 atom stereocenters. The van der Waals surface area contributed by atoms with Crippen molar-refractivity contribution in [1.82, 2.24) is 4.57 Å². The Morgan fingerprint density at radius 1 is 0.793 bits per heavy atom. The van der Waals surface area contributed by atoms with Crippen molar-refractivity contribution in [2.75, 3.05) is 0 Å². The van der Waals surface area contributed by atoms with Crippen LogP contribution in [0.1, 0.15) is 12.6 Å². The van der Waals surface area contributed by atoms with Crippen molar-refractivity contribution in [3.63, 3.8) is 0 Å². The number of para-hydroxylation sites is 1. The number of aromatic nitrogens is 1. The third kappa shape index (κ3) is 3.95. The molecular weight excluding hydrogens is 357 g/mol. The minimum Gasteiger partial charge on any atom is -0.423 e. The first-order valence-corrected chi connectivity index (χ1v) is 9.64. The van der Waals surface area contributed by atoms with Gasteiger partial charge in [-0.25, -0.2) is 0 Å². The second kappa shape index (κ2) is 8.35. The molecule has 0 aliphatic rings. The number of allylic oxidation sites excluding steroid dienone is 3. The van der Waals surface area contributed by atoms with Crippen LogP contribution in [0, 0.1) is 0 Å². The maximum atomic E-state index is 9.26. The molecule has 1 aromatic heterocycles. The van der Waals surface area contributed by atoms with Crippen molar-refractivity contribution in [3.8, 4) is 16.8 Å². The molecule has 4 rings (SSSR count). The molecule has 0 fully saturated rings. The molecule has 1 heterocycles. The van der Waals surface area contributed by atoms with Gasteiger partial charge in [0.25, 0.3) is 0 Å². The van der Waals surface area contributed by atoms with E-state index in [2.05, 4.69) is 71.3 Å². The van der Waals surface area contributed by atoms with E-state index < -0.39 is 7.12 Å². The molecule has 4 aromatic rings. The third-order valence-electron chi connectivity index (χ3n) is 4.98. The van der Waals surface area contributed by atoms with E-state index in [9.17, 15) is 10.0 Å². The zero-order valence-electron chi connectivity index (χ0n) is 16.2. The van der Waals surface area contributed by atoms with E-state index in [1.807, 2.05) is 31.2 Å². The highest BCUT2D eigenvalue weighted by molar-refractivity contribution is 6.58. The van der Waals surface area contributed by atoms with Crippen LogP contribution in [0.2, 0.25) is 0 Å². The lowest BCUT2D eigenvalue weighted by Gasteiger charge is -2.10. The Labute approximate surface area is 171 Å². The van der Waals surface area contributed by atoms with Crippen LogP contribution < -0.4 is 5.46 Å². The summed E-state index contributed by atoms with van der Waals surface area (Å²) < 4.78 is 2.25. The predicted octanol–water partition coefficient (Wildman–Crippen LogP) is 4.57. The maximum Gasteiger partial charge on any atom is 0.488 e. The molecule has 0 aliphatic carbocycles. The summed E-state index contributed by atoms with van der Waals surface area (Å²) in [6, 6.07) is 26.3. The highest BCUT2D eigenvalue weighted by Gasteiger charge is 2.11. The quantitative estimate of drug-likeness (QED) is 0.394. The number of benzene rings is 3. The van der Waals surface area contributed by atoms with E-state index in [-0.39, 0.29) is 0 Å². The molecule has 142 valence electrons. The van der Waals surface area contributed by atoms with Gasteiger partial charge in [0.2, 0.25) is 0 Å². The molecule has 0 radical (unpaired) electrons. The molecule has 0 saturated heterocycles. The van der Waals surface area contributed by atoms with Gasteiger partial charge in [0, 0.05) is 16.8 Å². The summed E-state index contributed by atoms with van der Waals surface area (Å²) in [6.45, 7) is 2.01. The number of rotatable bonds is 5. The first-order valence-electron chi connectivity index (χ1n) is 9.64. The molecule has 0 saturated carbocycles. The highest BCUT2D eigenvalue weighted by atomic mass is 16.4. The van der Waals surface area contributed by atoms with Gasteiger partial charge >= 0.3 is 7.12 Å². The van der Waals surface area contributed by atoms with Gasteiger partial charge in [-0.05, 0) is 53.9 Å². The summed E-state index contributed by atoms with van der Waals surface area (Å²) in [5.74, 6) is 0. The van der Waals surface area contributed by atoms with Gasteiger partial charge in [0.05, 0.1) is 5.52 Å². The largest absolute Gasteiger partial charge is 0.488 e. The lowest BCUT2D eigenvalue weighted by atomic mass is 9.80. The van der Waals surface area contributed by atoms with Crippen LogP contribution in [-0.4, -0.2) is 21.7 Å². The maximum absolute atomic E-state index is 9.26. The molecule has 3 aromatic carbocycles. The third-order valence-corrected chi connectivity index (χ3v) is 4.98. The first-order chi connectivity index (χ1) is 14.2. The van der Waals surface area contributed by atoms with Crippen LogP contribution in [0.5, 0.6) is 0 Å². The number of fused-ring (bicyclic) bond motifs is 1. The van der Waals surface area contributed by atoms with Gasteiger partial charge in [0.1, 0.15) is 0 Å². The Kier molecular flexibility index (Phi) is 5.47. The van der Waals surface area contributed by atoms with Gasteiger partial charge in [-0.1, -0.05) is 72.8 Å². The summed E-state index contributed by atoms with van der Waals surface area (Å²) >= 11 is 0. The highest BCUT2D eigenvalue weighted by Crippen LogP contribution is 2.27. The van der Waals surface area contributed by atoms with Crippen molar-refractivity contribution in [2.24, 2.45) is 0 Å². The minimum absolute atomic E-state index is 0.488. The SMILES string of the molecule is C/C=C\C=C/c1cc2ccccc2n1-c1ccc(-c2ccc(B(O)O)cc2)cc1. The Morgan fingerprint density at radius 2 is 1.45 bits per heavy atom. The molecule has 0 unspecified atom stereocenters. The van der Waals surface area contributed by atoms with E-state index in [4.69, 9.17) is 0 Å². The average molecular weight is 379 g/mol. The molecule has 3 nitrogen and oxygen atoms in total. The topological polar surface area (TPSA) is 45.4 Å². The van der Waals surface area contributed by atoms with Crippen molar-refractivity contribution in [3.05, 3.63) is 103 Å². The molecule has 2 N–H and O–H groups in total. The summed E-state index contributed by atoms with van der Waals surface area (Å²) in [7, 11) is -1.44. The molecule has 0 spiro atoms. The average Bonchev–Trinajstić information content (AvgIpc) is 3.12. The van der Waals surface area contributed by atoms with Crippen LogP contribution in [0.4, 0.5) is 0 Å². The monoisotopic (exact) mass is 379 g/mol. The van der Waals surface area contributed by atoms with Crippen LogP contribution in [-0.2, 0) is 0 Å². The summed E-state index contributed by atoms with van der Waals surface area (Å²) in [5.41, 5.74) is 5.99. The van der Waals surface area contributed by atoms with Gasteiger partial charge in [-0.3, -0.25) is 0 Å². The van der Waals surface area contributed by atoms with Crippen LogP contribution >= 0.6 is 0 Å². The van der Waals surface area contributed by atoms with Crippen molar-refractivity contribution in [1.29, 1.82) is 0 Å². The zero-order chi connectivity index (χ0) is 20.2. The van der Waals surface area contributed by atoms with Gasteiger partial charge in [-0.15, -0.1) is 0 Å². The van der Waals surface area contributed by atoms with Crippen LogP contribution in [0.15, 0.2) is 97.1 Å². The molecule has 0 aliphatic heterocycles. The fourth-order valence-corrected chi connectivity index (χ4v) is 3.50. The fraction of sp³-hybridized carbons (Fsp3) is 0.0400. The Bertz CT molecular complexity index is 1170. The molecule has 29 heavy (non-hydrogen) atoms. The Morgan fingerprint density at radius 3 is 2.10 bits per heavy atom. The smallest absolute Gasteiger partial charge is 0.423 e. The van der Waals surface area contributed by atoms with Crippen LogP contribution in [0.3, 0.4) is 0 Å². The van der Waals surface area contributed by atoms with E-state index in [1.165, 1.54) is 10.9 Å². The number of hydrogen-bond donors (Lipinski definition) is 2. The molecular formula is C25H22BNO2. The van der Waals surface area contributed by atoms with Gasteiger partial charge in [-0.2, -0.15) is 0 Å². The summed E-state index contributed by atoms with van der Waals surface area (Å²) in [5, 5.41) is 19.7. The summed E-state index contributed by atoms with van der Waals surface area (Å²) in [6.07, 6.45) is 8.21. The number of nitrogens with zero attached hydrogens (tertiary/aromatic N) is 1. The van der Waals surface area contributed by atoms with Crippen molar-refractivity contribution >= 4 is 29.6 Å². The van der Waals surface area contributed by atoms with Crippen molar-refractivity contribution < 1.29 is 10.0 Å². The second-order valence-electron chi connectivity index (χ2n) is 6.89. The lowest BCUT2D eigenvalue weighted by molar-refractivity contribution is 0.426. The Hall–Kier alpha value is -3.34. The van der Waals surface area contributed by atoms with E-state index in [1.54, 1.807) is 12.1 Å². The first kappa shape index (κ1) is 19.0. The summed E-state index contributed by atoms with van der Waals surface area (Å²) in [4.78, 5) is 0. The second-order valence-corrected chi connectivity index (χ2v) is 6.89. The molecule has 0 amide bonds. The lowest BCUT2D eigenvalue weighted by Crippen LogP contribution is -2.29. The zero-order valence-corrected chi connectivity index (χ0v) is 16.2. The normalized spacial score (nSPS) is 11.7. The van der Waals surface area contributed by atoms with Crippen LogP contribution in [0.25, 0.3) is 33.8 Å². The standard InChI is InChI=1S/C25H22BNO2/c1-2-3-4-8-24-18-21-7-5-6-9-25(21)27(24)23-16-12-20(13-17-23)19-10-14-22(15-11-19)26(28)29/h2-18,28-29H,1H3/b3-2-,8-4-. The van der Waals surface area contributed by atoms with Gasteiger partial charge in [0.15, 0.2) is 0 Å².